The van der Waals surface area contributed by atoms with Crippen molar-refractivity contribution < 1.29 is 28.6 Å². The number of hydrogen-bond donors (Lipinski definition) is 1. The topological polar surface area (TPSA) is 94.2 Å². The highest BCUT2D eigenvalue weighted by Gasteiger charge is 2.25. The number of amides is 2. The van der Waals surface area contributed by atoms with Gasteiger partial charge < -0.3 is 19.5 Å². The summed E-state index contributed by atoms with van der Waals surface area (Å²) >= 11 is 0. The van der Waals surface area contributed by atoms with Gasteiger partial charge in [0.05, 0.1) is 25.3 Å². The molecular formula is C22H24N2O6. The van der Waals surface area contributed by atoms with Crippen molar-refractivity contribution in [3.05, 3.63) is 54.1 Å². The quantitative estimate of drug-likeness (QED) is 0.525. The number of nitrogens with one attached hydrogen (secondary N) is 1. The van der Waals surface area contributed by atoms with Crippen LogP contribution in [0.15, 0.2) is 48.5 Å². The van der Waals surface area contributed by atoms with Crippen molar-refractivity contribution in [3.8, 4) is 11.5 Å². The van der Waals surface area contributed by atoms with Crippen LogP contribution in [-0.4, -0.2) is 50.7 Å². The molecule has 1 aliphatic rings. The van der Waals surface area contributed by atoms with E-state index in [1.807, 2.05) is 31.2 Å². The minimum atomic E-state index is -0.675. The standard InChI is InChI=1S/C22H24N2O6/c1-16-5-4-6-17(13-16)28-12-10-23-20(25)15-30-22(27)14-24-18-7-2-3-8-19(18)29-11-9-21(24)26/h2-8,13H,9-12,14-15H2,1H3,(H,23,25). The minimum Gasteiger partial charge on any atom is -0.492 e. The van der Waals surface area contributed by atoms with Gasteiger partial charge in [0.25, 0.3) is 5.91 Å². The van der Waals surface area contributed by atoms with Gasteiger partial charge in [-0.05, 0) is 36.8 Å². The summed E-state index contributed by atoms with van der Waals surface area (Å²) < 4.78 is 16.1. The van der Waals surface area contributed by atoms with Crippen LogP contribution in [0.25, 0.3) is 0 Å². The number of carbonyl (C=O) groups is 3. The van der Waals surface area contributed by atoms with E-state index in [-0.39, 0.29) is 32.0 Å². The van der Waals surface area contributed by atoms with E-state index < -0.39 is 18.5 Å². The molecule has 3 rings (SSSR count). The summed E-state index contributed by atoms with van der Waals surface area (Å²) in [6.07, 6.45) is 0.156. The minimum absolute atomic E-state index is 0.156. The van der Waals surface area contributed by atoms with Crippen LogP contribution < -0.4 is 19.7 Å². The predicted molar refractivity (Wildman–Crippen MR) is 110 cm³/mol. The van der Waals surface area contributed by atoms with Crippen molar-refractivity contribution in [2.45, 2.75) is 13.3 Å². The van der Waals surface area contributed by atoms with Crippen molar-refractivity contribution in [2.75, 3.05) is 37.8 Å². The Morgan fingerprint density at radius 3 is 2.83 bits per heavy atom. The van der Waals surface area contributed by atoms with E-state index in [1.165, 1.54) is 4.90 Å². The first kappa shape index (κ1) is 21.2. The van der Waals surface area contributed by atoms with Crippen LogP contribution in [0.5, 0.6) is 11.5 Å². The lowest BCUT2D eigenvalue weighted by atomic mass is 10.2. The first-order valence-electron chi connectivity index (χ1n) is 9.67. The summed E-state index contributed by atoms with van der Waals surface area (Å²) in [5.74, 6) is -0.104. The van der Waals surface area contributed by atoms with E-state index in [4.69, 9.17) is 14.2 Å². The monoisotopic (exact) mass is 412 g/mol. The van der Waals surface area contributed by atoms with Crippen LogP contribution in [0.4, 0.5) is 5.69 Å². The molecule has 1 N–H and O–H groups in total. The van der Waals surface area contributed by atoms with E-state index in [2.05, 4.69) is 5.32 Å². The van der Waals surface area contributed by atoms with Gasteiger partial charge in [0.15, 0.2) is 6.61 Å². The number of esters is 1. The van der Waals surface area contributed by atoms with Gasteiger partial charge in [-0.3, -0.25) is 19.3 Å². The fourth-order valence-electron chi connectivity index (χ4n) is 2.93. The SMILES string of the molecule is Cc1cccc(OCCNC(=O)COC(=O)CN2C(=O)CCOc3ccccc32)c1. The van der Waals surface area contributed by atoms with E-state index in [0.29, 0.717) is 18.0 Å². The summed E-state index contributed by atoms with van der Waals surface area (Å²) in [5, 5.41) is 2.62. The van der Waals surface area contributed by atoms with Gasteiger partial charge in [0.1, 0.15) is 24.7 Å². The number of carbonyl (C=O) groups excluding carboxylic acids is 3. The maximum Gasteiger partial charge on any atom is 0.326 e. The molecule has 0 atom stereocenters. The maximum atomic E-state index is 12.3. The smallest absolute Gasteiger partial charge is 0.326 e. The molecule has 0 aromatic heterocycles. The molecule has 2 aromatic rings. The molecule has 8 heteroatoms. The summed E-state index contributed by atoms with van der Waals surface area (Å²) in [4.78, 5) is 37.7. The number of anilines is 1. The highest BCUT2D eigenvalue weighted by Crippen LogP contribution is 2.30. The molecule has 0 spiro atoms. The molecule has 158 valence electrons. The molecule has 1 aliphatic heterocycles. The van der Waals surface area contributed by atoms with Crippen molar-refractivity contribution in [1.82, 2.24) is 5.32 Å². The predicted octanol–water partition coefficient (Wildman–Crippen LogP) is 1.85. The van der Waals surface area contributed by atoms with Gasteiger partial charge in [0.2, 0.25) is 5.91 Å². The number of aryl methyl sites for hydroxylation is 1. The number of hydrogen-bond acceptors (Lipinski definition) is 6. The molecule has 0 bridgehead atoms. The van der Waals surface area contributed by atoms with Crippen LogP contribution in [0, 0.1) is 6.92 Å². The van der Waals surface area contributed by atoms with Crippen LogP contribution in [0.3, 0.4) is 0 Å². The Hall–Kier alpha value is -3.55. The summed E-state index contributed by atoms with van der Waals surface area (Å²) in [6, 6.07) is 14.6. The molecule has 0 radical (unpaired) electrons. The maximum absolute atomic E-state index is 12.3. The summed E-state index contributed by atoms with van der Waals surface area (Å²) in [5.41, 5.74) is 1.59. The van der Waals surface area contributed by atoms with Crippen LogP contribution in [-0.2, 0) is 19.1 Å². The lowest BCUT2D eigenvalue weighted by Gasteiger charge is -2.20. The third-order valence-corrected chi connectivity index (χ3v) is 4.36. The lowest BCUT2D eigenvalue weighted by Crippen LogP contribution is -2.38. The fraction of sp³-hybridized carbons (Fsp3) is 0.318. The van der Waals surface area contributed by atoms with Gasteiger partial charge in [-0.25, -0.2) is 0 Å². The first-order chi connectivity index (χ1) is 14.5. The van der Waals surface area contributed by atoms with Gasteiger partial charge >= 0.3 is 5.97 Å². The molecule has 1 heterocycles. The Kier molecular flexibility index (Phi) is 7.26. The van der Waals surface area contributed by atoms with E-state index in [9.17, 15) is 14.4 Å². The van der Waals surface area contributed by atoms with Crippen LogP contribution in [0.1, 0.15) is 12.0 Å². The lowest BCUT2D eigenvalue weighted by molar-refractivity contribution is -0.147. The second-order valence-corrected chi connectivity index (χ2v) is 6.72. The Bertz CT molecular complexity index is 914. The average Bonchev–Trinajstić information content (AvgIpc) is 2.89. The molecular weight excluding hydrogens is 388 g/mol. The zero-order chi connectivity index (χ0) is 21.3. The second-order valence-electron chi connectivity index (χ2n) is 6.72. The van der Waals surface area contributed by atoms with Gasteiger partial charge in [0, 0.05) is 0 Å². The normalized spacial score (nSPS) is 13.0. The molecule has 0 unspecified atom stereocenters. The molecule has 0 saturated carbocycles. The van der Waals surface area contributed by atoms with Gasteiger partial charge in [-0.15, -0.1) is 0 Å². The van der Waals surface area contributed by atoms with Crippen molar-refractivity contribution in [1.29, 1.82) is 0 Å². The van der Waals surface area contributed by atoms with Crippen molar-refractivity contribution in [2.24, 2.45) is 0 Å². The largest absolute Gasteiger partial charge is 0.492 e. The van der Waals surface area contributed by atoms with E-state index >= 15 is 0 Å². The number of ether oxygens (including phenoxy) is 3. The van der Waals surface area contributed by atoms with Gasteiger partial charge in [-0.2, -0.15) is 0 Å². The molecule has 30 heavy (non-hydrogen) atoms. The molecule has 8 nitrogen and oxygen atoms in total. The highest BCUT2D eigenvalue weighted by molar-refractivity contribution is 5.99. The average molecular weight is 412 g/mol. The first-order valence-corrected chi connectivity index (χ1v) is 9.67. The van der Waals surface area contributed by atoms with Crippen LogP contribution >= 0.6 is 0 Å². The third kappa shape index (κ3) is 5.97. The van der Waals surface area contributed by atoms with Crippen LogP contribution in [0.2, 0.25) is 0 Å². The molecule has 2 amide bonds. The Morgan fingerprint density at radius 2 is 2.00 bits per heavy atom. The molecule has 0 fully saturated rings. The fourth-order valence-corrected chi connectivity index (χ4v) is 2.93. The van der Waals surface area contributed by atoms with Crippen molar-refractivity contribution in [3.63, 3.8) is 0 Å². The van der Waals surface area contributed by atoms with E-state index in [0.717, 1.165) is 11.3 Å². The molecule has 0 saturated heterocycles. The zero-order valence-electron chi connectivity index (χ0n) is 16.8. The number of benzene rings is 2. The number of fused-ring (bicyclic) bond motifs is 1. The number of para-hydroxylation sites is 2. The number of rotatable bonds is 8. The summed E-state index contributed by atoms with van der Waals surface area (Å²) in [7, 11) is 0. The Balaban J connectivity index is 1.41. The highest BCUT2D eigenvalue weighted by atomic mass is 16.5. The van der Waals surface area contributed by atoms with Gasteiger partial charge in [-0.1, -0.05) is 24.3 Å². The Labute approximate surface area is 174 Å². The van der Waals surface area contributed by atoms with Crippen molar-refractivity contribution >= 4 is 23.5 Å². The second kappa shape index (κ2) is 10.3. The molecule has 0 aliphatic carbocycles. The van der Waals surface area contributed by atoms with E-state index in [1.54, 1.807) is 24.3 Å². The summed E-state index contributed by atoms with van der Waals surface area (Å²) in [6.45, 7) is 2.07. The third-order valence-electron chi connectivity index (χ3n) is 4.36. The Morgan fingerprint density at radius 1 is 1.17 bits per heavy atom. The zero-order valence-corrected chi connectivity index (χ0v) is 16.8. The molecule has 2 aromatic carbocycles. The number of nitrogens with zero attached hydrogens (tertiary/aromatic N) is 1.